The van der Waals surface area contributed by atoms with Crippen LogP contribution < -0.4 is 21.6 Å². The van der Waals surface area contributed by atoms with Crippen LogP contribution in [-0.4, -0.2) is 48.5 Å². The van der Waals surface area contributed by atoms with Gasteiger partial charge >= 0.3 is 14.2 Å². The van der Waals surface area contributed by atoms with Gasteiger partial charge in [-0.25, -0.2) is 0 Å². The molecule has 2 fully saturated rings. The zero-order valence-corrected chi connectivity index (χ0v) is 29.0. The van der Waals surface area contributed by atoms with Gasteiger partial charge in [0.1, 0.15) is 0 Å². The lowest BCUT2D eigenvalue weighted by atomic mass is 9.78. The van der Waals surface area contributed by atoms with E-state index in [-0.39, 0.29) is 11.8 Å². The fraction of sp³-hybridized carbons (Fsp3) is 0.600. The van der Waals surface area contributed by atoms with Gasteiger partial charge in [0.25, 0.3) is 0 Å². The fourth-order valence-corrected chi connectivity index (χ4v) is 5.33. The topological polar surface area (TPSA) is 95.1 Å². The SMILES string of the molecule is Cc1ccc(B2OC(C)(C)C(C)(C)O2)cc1NC(=O)CCCCCCCC(=O)Nc1cc(B2OC(C)(C)C(C)(C)O2)ccc1C. The summed E-state index contributed by atoms with van der Waals surface area (Å²) < 4.78 is 24.7. The molecular weight excluding hydrogens is 566 g/mol. The van der Waals surface area contributed by atoms with Crippen LogP contribution in [0.2, 0.25) is 0 Å². The van der Waals surface area contributed by atoms with Gasteiger partial charge in [-0.15, -0.1) is 0 Å². The van der Waals surface area contributed by atoms with E-state index in [0.29, 0.717) is 12.8 Å². The third-order valence-electron chi connectivity index (χ3n) is 9.93. The maximum Gasteiger partial charge on any atom is 0.494 e. The van der Waals surface area contributed by atoms with Crippen LogP contribution in [0, 0.1) is 13.8 Å². The second-order valence-electron chi connectivity index (χ2n) is 14.7. The number of carbonyl (C=O) groups is 2. The van der Waals surface area contributed by atoms with Gasteiger partial charge in [-0.3, -0.25) is 9.59 Å². The summed E-state index contributed by atoms with van der Waals surface area (Å²) in [5.41, 5.74) is 3.68. The van der Waals surface area contributed by atoms with Crippen LogP contribution >= 0.6 is 0 Å². The Bertz CT molecular complexity index is 1250. The fourth-order valence-electron chi connectivity index (χ4n) is 5.33. The molecule has 2 aliphatic heterocycles. The van der Waals surface area contributed by atoms with E-state index >= 15 is 0 Å². The van der Waals surface area contributed by atoms with Crippen LogP contribution in [-0.2, 0) is 28.2 Å². The molecule has 0 spiro atoms. The third-order valence-corrected chi connectivity index (χ3v) is 9.93. The van der Waals surface area contributed by atoms with E-state index in [0.717, 1.165) is 65.5 Å². The summed E-state index contributed by atoms with van der Waals surface area (Å²) in [5, 5.41) is 6.14. The molecule has 2 aromatic rings. The Morgan fingerprint density at radius 2 is 0.867 bits per heavy atom. The van der Waals surface area contributed by atoms with Gasteiger partial charge in [-0.2, -0.15) is 0 Å². The Morgan fingerprint density at radius 3 is 1.20 bits per heavy atom. The van der Waals surface area contributed by atoms with Crippen molar-refractivity contribution >= 4 is 48.4 Å². The van der Waals surface area contributed by atoms with E-state index < -0.39 is 36.6 Å². The van der Waals surface area contributed by atoms with E-state index in [1.807, 2.05) is 106 Å². The number of rotatable bonds is 12. The Morgan fingerprint density at radius 1 is 0.556 bits per heavy atom. The quantitative estimate of drug-likeness (QED) is 0.217. The molecule has 244 valence electrons. The highest BCUT2D eigenvalue weighted by molar-refractivity contribution is 6.62. The molecule has 0 unspecified atom stereocenters. The lowest BCUT2D eigenvalue weighted by Gasteiger charge is -2.32. The first-order valence-corrected chi connectivity index (χ1v) is 16.4. The van der Waals surface area contributed by atoms with Gasteiger partial charge in [0.15, 0.2) is 0 Å². The number of unbranched alkanes of at least 4 members (excludes halogenated alkanes) is 4. The van der Waals surface area contributed by atoms with E-state index in [1.54, 1.807) is 0 Å². The molecule has 0 saturated carbocycles. The Kier molecular flexibility index (Phi) is 10.6. The van der Waals surface area contributed by atoms with Crippen molar-refractivity contribution < 1.29 is 28.2 Å². The molecule has 0 atom stereocenters. The second kappa shape index (κ2) is 13.6. The molecule has 2 aromatic carbocycles. The highest BCUT2D eigenvalue weighted by Gasteiger charge is 2.52. The maximum absolute atomic E-state index is 12.7. The predicted octanol–water partition coefficient (Wildman–Crippen LogP) is 6.21. The van der Waals surface area contributed by atoms with Gasteiger partial charge in [0.2, 0.25) is 11.8 Å². The monoisotopic (exact) mass is 618 g/mol. The van der Waals surface area contributed by atoms with Crippen molar-refractivity contribution in [2.75, 3.05) is 10.6 Å². The lowest BCUT2D eigenvalue weighted by molar-refractivity contribution is -0.117. The molecule has 2 saturated heterocycles. The molecule has 0 aliphatic carbocycles. The summed E-state index contributed by atoms with van der Waals surface area (Å²) in [4.78, 5) is 25.4. The van der Waals surface area contributed by atoms with Gasteiger partial charge in [-0.1, -0.05) is 43.5 Å². The molecule has 2 amide bonds. The molecule has 2 aliphatic rings. The average Bonchev–Trinajstić information content (AvgIpc) is 3.29. The number of benzene rings is 2. The Labute approximate surface area is 271 Å². The number of carbonyl (C=O) groups excluding carboxylic acids is 2. The Hall–Kier alpha value is -2.65. The van der Waals surface area contributed by atoms with Crippen molar-refractivity contribution in [3.05, 3.63) is 47.5 Å². The molecule has 45 heavy (non-hydrogen) atoms. The summed E-state index contributed by atoms with van der Waals surface area (Å²) in [6, 6.07) is 11.9. The van der Waals surface area contributed by atoms with Crippen LogP contribution in [0.25, 0.3) is 0 Å². The molecule has 2 heterocycles. The standard InChI is InChI=1S/C35H52B2N2O6/c1-24-18-20-26(36-42-32(3,4)33(5,6)43-36)22-28(24)38-30(40)16-14-12-11-13-15-17-31(41)39-29-23-27(21-19-25(29)2)37-44-34(7,8)35(9,10)45-37/h18-23H,11-17H2,1-10H3,(H,38,40)(H,39,41). The summed E-state index contributed by atoms with van der Waals surface area (Å²) in [5.74, 6) is 0.00311. The van der Waals surface area contributed by atoms with Crippen molar-refractivity contribution in [3.63, 3.8) is 0 Å². The third kappa shape index (κ3) is 8.39. The minimum Gasteiger partial charge on any atom is -0.399 e. The molecular formula is C35H52B2N2O6. The van der Waals surface area contributed by atoms with Crippen molar-refractivity contribution in [3.8, 4) is 0 Å². The lowest BCUT2D eigenvalue weighted by Crippen LogP contribution is -2.41. The molecule has 8 nitrogen and oxygen atoms in total. The van der Waals surface area contributed by atoms with E-state index in [1.165, 1.54) is 0 Å². The van der Waals surface area contributed by atoms with Crippen LogP contribution in [0.5, 0.6) is 0 Å². The van der Waals surface area contributed by atoms with E-state index in [2.05, 4.69) is 10.6 Å². The first-order valence-electron chi connectivity index (χ1n) is 16.4. The molecule has 0 bridgehead atoms. The van der Waals surface area contributed by atoms with Crippen molar-refractivity contribution in [1.29, 1.82) is 0 Å². The van der Waals surface area contributed by atoms with E-state index in [4.69, 9.17) is 18.6 Å². The molecule has 4 rings (SSSR count). The van der Waals surface area contributed by atoms with Crippen molar-refractivity contribution in [2.45, 2.75) is 137 Å². The molecule has 10 heteroatoms. The zero-order chi connectivity index (χ0) is 33.2. The van der Waals surface area contributed by atoms with Gasteiger partial charge in [0, 0.05) is 24.2 Å². The highest BCUT2D eigenvalue weighted by Crippen LogP contribution is 2.37. The normalized spacial score (nSPS) is 19.5. The molecule has 0 aromatic heterocycles. The van der Waals surface area contributed by atoms with Crippen LogP contribution in [0.4, 0.5) is 11.4 Å². The first kappa shape index (κ1) is 35.2. The number of nitrogens with one attached hydrogen (secondary N) is 2. The number of aryl methyl sites for hydroxylation is 2. The second-order valence-corrected chi connectivity index (χ2v) is 14.7. The van der Waals surface area contributed by atoms with Gasteiger partial charge in [0.05, 0.1) is 22.4 Å². The van der Waals surface area contributed by atoms with Gasteiger partial charge < -0.3 is 29.3 Å². The number of amides is 2. The molecule has 2 N–H and O–H groups in total. The summed E-state index contributed by atoms with van der Waals surface area (Å²) in [6.07, 6.45) is 5.39. The van der Waals surface area contributed by atoms with Crippen LogP contribution in [0.3, 0.4) is 0 Å². The smallest absolute Gasteiger partial charge is 0.399 e. The minimum absolute atomic E-state index is 0.00155. The number of hydrogen-bond acceptors (Lipinski definition) is 6. The number of anilines is 2. The summed E-state index contributed by atoms with van der Waals surface area (Å²) in [7, 11) is -0.937. The largest absolute Gasteiger partial charge is 0.494 e. The maximum atomic E-state index is 12.7. The number of hydrogen-bond donors (Lipinski definition) is 2. The van der Waals surface area contributed by atoms with Gasteiger partial charge in [-0.05, 0) is 116 Å². The average molecular weight is 618 g/mol. The van der Waals surface area contributed by atoms with Crippen LogP contribution in [0.15, 0.2) is 36.4 Å². The zero-order valence-electron chi connectivity index (χ0n) is 29.0. The highest BCUT2D eigenvalue weighted by atomic mass is 16.7. The first-order chi connectivity index (χ1) is 20.9. The minimum atomic E-state index is -0.469. The van der Waals surface area contributed by atoms with E-state index in [9.17, 15) is 9.59 Å². The van der Waals surface area contributed by atoms with Crippen molar-refractivity contribution in [1.82, 2.24) is 0 Å². The summed E-state index contributed by atoms with van der Waals surface area (Å²) >= 11 is 0. The molecule has 0 radical (unpaired) electrons. The van der Waals surface area contributed by atoms with Crippen molar-refractivity contribution in [2.24, 2.45) is 0 Å². The predicted molar refractivity (Wildman–Crippen MR) is 183 cm³/mol. The summed E-state index contributed by atoms with van der Waals surface area (Å²) in [6.45, 7) is 20.2. The van der Waals surface area contributed by atoms with Crippen LogP contribution in [0.1, 0.15) is 111 Å². The Balaban J connectivity index is 1.15.